The van der Waals surface area contributed by atoms with Crippen LogP contribution in [-0.4, -0.2) is 22.4 Å². The van der Waals surface area contributed by atoms with Crippen molar-refractivity contribution in [3.63, 3.8) is 0 Å². The van der Waals surface area contributed by atoms with Crippen LogP contribution in [0.5, 0.6) is 0 Å². The van der Waals surface area contributed by atoms with Crippen LogP contribution in [0.2, 0.25) is 5.15 Å². The number of amides is 1. The first kappa shape index (κ1) is 12.9. The van der Waals surface area contributed by atoms with Crippen LogP contribution in [-0.2, 0) is 4.79 Å². The molecule has 0 saturated carbocycles. The second kappa shape index (κ2) is 6.40. The van der Waals surface area contributed by atoms with Crippen LogP contribution in [0.15, 0.2) is 6.07 Å². The molecule has 0 saturated heterocycles. The van der Waals surface area contributed by atoms with Gasteiger partial charge in [0.05, 0.1) is 0 Å². The van der Waals surface area contributed by atoms with Gasteiger partial charge in [-0.05, 0) is 32.4 Å². The van der Waals surface area contributed by atoms with E-state index in [9.17, 15) is 4.79 Å². The number of carbonyl (C=O) groups is 1. The molecule has 0 spiro atoms. The Morgan fingerprint density at radius 3 is 2.88 bits per heavy atom. The van der Waals surface area contributed by atoms with Gasteiger partial charge in [0.15, 0.2) is 0 Å². The fourth-order valence-electron chi connectivity index (χ4n) is 1.20. The summed E-state index contributed by atoms with van der Waals surface area (Å²) in [5.74, 6) is 0.137. The first-order valence-electron chi connectivity index (χ1n) is 5.13. The van der Waals surface area contributed by atoms with E-state index in [1.165, 1.54) is 0 Å². The molecule has 0 aliphatic carbocycles. The van der Waals surface area contributed by atoms with Gasteiger partial charge in [0.25, 0.3) is 0 Å². The van der Waals surface area contributed by atoms with Crippen LogP contribution in [0.3, 0.4) is 0 Å². The molecule has 0 aliphatic rings. The maximum Gasteiger partial charge on any atom is 0.231 e. The Hall–Kier alpha value is -1.20. The molecule has 0 bridgehead atoms. The van der Waals surface area contributed by atoms with Crippen molar-refractivity contribution in [1.82, 2.24) is 9.97 Å². The summed E-state index contributed by atoms with van der Waals surface area (Å²) in [6.07, 6.45) is 2.02. The van der Waals surface area contributed by atoms with Crippen molar-refractivity contribution >= 4 is 23.5 Å². The zero-order chi connectivity index (χ0) is 12.0. The van der Waals surface area contributed by atoms with Gasteiger partial charge in [-0.3, -0.25) is 10.1 Å². The van der Waals surface area contributed by atoms with Crippen molar-refractivity contribution in [2.24, 2.45) is 5.73 Å². The molecular formula is C10H15ClN4O. The Bertz CT molecular complexity index is 350. The summed E-state index contributed by atoms with van der Waals surface area (Å²) in [6, 6.07) is 1.63. The van der Waals surface area contributed by atoms with Gasteiger partial charge in [0, 0.05) is 12.1 Å². The molecule has 0 atom stereocenters. The Labute approximate surface area is 99.4 Å². The number of carbonyl (C=O) groups excluding carboxylic acids is 1. The molecule has 0 aromatic carbocycles. The molecule has 1 amide bonds. The zero-order valence-corrected chi connectivity index (χ0v) is 9.92. The van der Waals surface area contributed by atoms with E-state index in [2.05, 4.69) is 15.3 Å². The predicted molar refractivity (Wildman–Crippen MR) is 63.3 cm³/mol. The highest BCUT2D eigenvalue weighted by atomic mass is 35.5. The van der Waals surface area contributed by atoms with Crippen LogP contribution in [0.1, 0.15) is 25.0 Å². The third kappa shape index (κ3) is 4.55. The minimum absolute atomic E-state index is 0.116. The summed E-state index contributed by atoms with van der Waals surface area (Å²) in [6.45, 7) is 2.39. The number of unbranched alkanes of at least 4 members (excludes halogenated alkanes) is 1. The maximum atomic E-state index is 11.4. The normalized spacial score (nSPS) is 10.2. The molecule has 3 N–H and O–H groups in total. The molecule has 1 aromatic rings. The van der Waals surface area contributed by atoms with E-state index in [1.54, 1.807) is 13.0 Å². The lowest BCUT2D eigenvalue weighted by Crippen LogP contribution is -2.14. The van der Waals surface area contributed by atoms with E-state index in [-0.39, 0.29) is 11.9 Å². The first-order valence-corrected chi connectivity index (χ1v) is 5.50. The van der Waals surface area contributed by atoms with Crippen molar-refractivity contribution in [3.05, 3.63) is 16.9 Å². The number of nitrogens with one attached hydrogen (secondary N) is 1. The summed E-state index contributed by atoms with van der Waals surface area (Å²) >= 11 is 5.74. The molecule has 16 heavy (non-hydrogen) atoms. The van der Waals surface area contributed by atoms with Crippen molar-refractivity contribution < 1.29 is 4.79 Å². The Morgan fingerprint density at radius 1 is 1.50 bits per heavy atom. The van der Waals surface area contributed by atoms with E-state index in [4.69, 9.17) is 17.3 Å². The van der Waals surface area contributed by atoms with Gasteiger partial charge in [0.2, 0.25) is 11.9 Å². The minimum Gasteiger partial charge on any atom is -0.330 e. The molecular weight excluding hydrogens is 228 g/mol. The highest BCUT2D eigenvalue weighted by molar-refractivity contribution is 6.29. The topological polar surface area (TPSA) is 80.9 Å². The van der Waals surface area contributed by atoms with Crippen LogP contribution < -0.4 is 11.1 Å². The summed E-state index contributed by atoms with van der Waals surface area (Å²) in [5.41, 5.74) is 6.05. The lowest BCUT2D eigenvalue weighted by molar-refractivity contribution is -0.116. The molecule has 5 nitrogen and oxygen atoms in total. The smallest absolute Gasteiger partial charge is 0.231 e. The summed E-state index contributed by atoms with van der Waals surface area (Å²) in [5, 5.41) is 2.92. The van der Waals surface area contributed by atoms with E-state index < -0.39 is 0 Å². The summed E-state index contributed by atoms with van der Waals surface area (Å²) in [7, 11) is 0. The third-order valence-corrected chi connectivity index (χ3v) is 2.13. The fraction of sp³-hybridized carbons (Fsp3) is 0.500. The van der Waals surface area contributed by atoms with E-state index in [0.717, 1.165) is 18.5 Å². The number of aromatic nitrogens is 2. The Kier molecular flexibility index (Phi) is 5.14. The summed E-state index contributed by atoms with van der Waals surface area (Å²) in [4.78, 5) is 19.4. The van der Waals surface area contributed by atoms with Gasteiger partial charge in [-0.2, -0.15) is 0 Å². The Morgan fingerprint density at radius 2 is 2.25 bits per heavy atom. The van der Waals surface area contributed by atoms with E-state index >= 15 is 0 Å². The van der Waals surface area contributed by atoms with Crippen LogP contribution in [0, 0.1) is 6.92 Å². The number of anilines is 1. The summed E-state index contributed by atoms with van der Waals surface area (Å²) < 4.78 is 0. The molecule has 88 valence electrons. The maximum absolute atomic E-state index is 11.4. The molecule has 1 rings (SSSR count). The number of hydrogen-bond donors (Lipinski definition) is 2. The number of rotatable bonds is 5. The monoisotopic (exact) mass is 242 g/mol. The fourth-order valence-corrected chi connectivity index (χ4v) is 1.44. The van der Waals surface area contributed by atoms with Crippen LogP contribution in [0.25, 0.3) is 0 Å². The molecule has 1 heterocycles. The van der Waals surface area contributed by atoms with Gasteiger partial charge < -0.3 is 5.73 Å². The SMILES string of the molecule is Cc1cc(Cl)nc(NC(=O)CCCCN)n1. The molecule has 1 aromatic heterocycles. The van der Waals surface area contributed by atoms with Crippen LogP contribution >= 0.6 is 11.6 Å². The van der Waals surface area contributed by atoms with E-state index in [1.807, 2.05) is 0 Å². The lowest BCUT2D eigenvalue weighted by atomic mass is 10.2. The van der Waals surface area contributed by atoms with Gasteiger partial charge >= 0.3 is 0 Å². The van der Waals surface area contributed by atoms with Gasteiger partial charge in [-0.1, -0.05) is 11.6 Å². The predicted octanol–water partition coefficient (Wildman–Crippen LogP) is 1.51. The van der Waals surface area contributed by atoms with Gasteiger partial charge in [0.1, 0.15) is 5.15 Å². The molecule has 0 unspecified atom stereocenters. The first-order chi connectivity index (χ1) is 7.61. The van der Waals surface area contributed by atoms with E-state index in [0.29, 0.717) is 18.1 Å². The number of aryl methyl sites for hydroxylation is 1. The second-order valence-corrected chi connectivity index (χ2v) is 3.84. The number of hydrogen-bond acceptors (Lipinski definition) is 4. The molecule has 0 fully saturated rings. The zero-order valence-electron chi connectivity index (χ0n) is 9.16. The van der Waals surface area contributed by atoms with Crippen molar-refractivity contribution in [2.75, 3.05) is 11.9 Å². The van der Waals surface area contributed by atoms with Crippen molar-refractivity contribution in [3.8, 4) is 0 Å². The number of nitrogens with two attached hydrogens (primary N) is 1. The highest BCUT2D eigenvalue weighted by Crippen LogP contribution is 2.10. The molecule has 6 heteroatoms. The number of nitrogens with zero attached hydrogens (tertiary/aromatic N) is 2. The molecule has 0 radical (unpaired) electrons. The highest BCUT2D eigenvalue weighted by Gasteiger charge is 2.05. The number of halogens is 1. The minimum atomic E-state index is -0.116. The van der Waals surface area contributed by atoms with Crippen molar-refractivity contribution in [1.29, 1.82) is 0 Å². The standard InChI is InChI=1S/C10H15ClN4O/c1-7-6-8(11)14-10(13-7)15-9(16)4-2-3-5-12/h6H,2-5,12H2,1H3,(H,13,14,15,16). The average molecular weight is 243 g/mol. The second-order valence-electron chi connectivity index (χ2n) is 3.45. The molecule has 0 aliphatic heterocycles. The Balaban J connectivity index is 2.49. The average Bonchev–Trinajstić information content (AvgIpc) is 2.16. The third-order valence-electron chi connectivity index (χ3n) is 1.93. The van der Waals surface area contributed by atoms with Gasteiger partial charge in [-0.25, -0.2) is 9.97 Å². The van der Waals surface area contributed by atoms with Crippen LogP contribution in [0.4, 0.5) is 5.95 Å². The largest absolute Gasteiger partial charge is 0.330 e. The van der Waals surface area contributed by atoms with Gasteiger partial charge in [-0.15, -0.1) is 0 Å². The lowest BCUT2D eigenvalue weighted by Gasteiger charge is -2.04. The van der Waals surface area contributed by atoms with Crippen molar-refractivity contribution in [2.45, 2.75) is 26.2 Å². The quantitative estimate of drug-likeness (QED) is 0.606.